The number of carbonyl (C=O) groups excluding carboxylic acids is 1. The molecule has 3 heteroatoms. The molecule has 1 aliphatic carbocycles. The third kappa shape index (κ3) is 2.54. The Morgan fingerprint density at radius 3 is 2.25 bits per heavy atom. The molecular formula is C13H18N2O. The van der Waals surface area contributed by atoms with Gasteiger partial charge in [-0.1, -0.05) is 17.7 Å². The van der Waals surface area contributed by atoms with Crippen LogP contribution < -0.4 is 10.6 Å². The van der Waals surface area contributed by atoms with Crippen LogP contribution in [0.15, 0.2) is 12.1 Å². The maximum atomic E-state index is 11.6. The number of hydrogen-bond acceptors (Lipinski definition) is 1. The second-order valence-corrected chi connectivity index (χ2v) is 4.65. The van der Waals surface area contributed by atoms with Crippen molar-refractivity contribution in [3.05, 3.63) is 28.8 Å². The van der Waals surface area contributed by atoms with Crippen LogP contribution in [0.4, 0.5) is 10.5 Å². The van der Waals surface area contributed by atoms with Gasteiger partial charge in [0.05, 0.1) is 0 Å². The zero-order chi connectivity index (χ0) is 11.7. The number of urea groups is 1. The fourth-order valence-electron chi connectivity index (χ4n) is 1.94. The van der Waals surface area contributed by atoms with E-state index in [4.69, 9.17) is 0 Å². The number of nitrogens with one attached hydrogen (secondary N) is 2. The Hall–Kier alpha value is -1.51. The summed E-state index contributed by atoms with van der Waals surface area (Å²) in [6.07, 6.45) is 2.22. The van der Waals surface area contributed by atoms with Crippen molar-refractivity contribution in [2.75, 3.05) is 5.32 Å². The minimum absolute atomic E-state index is 0.0856. The van der Waals surface area contributed by atoms with Crippen LogP contribution in [0.5, 0.6) is 0 Å². The third-order valence-corrected chi connectivity index (χ3v) is 2.83. The molecular weight excluding hydrogens is 200 g/mol. The number of anilines is 1. The van der Waals surface area contributed by atoms with E-state index in [-0.39, 0.29) is 6.03 Å². The largest absolute Gasteiger partial charge is 0.335 e. The molecule has 0 saturated heterocycles. The summed E-state index contributed by atoms with van der Waals surface area (Å²) >= 11 is 0. The molecule has 86 valence electrons. The molecule has 1 fully saturated rings. The highest BCUT2D eigenvalue weighted by atomic mass is 16.2. The fourth-order valence-corrected chi connectivity index (χ4v) is 1.94. The van der Waals surface area contributed by atoms with Crippen molar-refractivity contribution in [1.82, 2.24) is 5.32 Å². The number of rotatable bonds is 2. The fraction of sp³-hybridized carbons (Fsp3) is 0.462. The Labute approximate surface area is 96.2 Å². The first-order valence-electron chi connectivity index (χ1n) is 5.71. The number of carbonyl (C=O) groups is 1. The molecule has 0 aromatic heterocycles. The predicted molar refractivity (Wildman–Crippen MR) is 65.8 cm³/mol. The number of amides is 2. The molecule has 2 rings (SSSR count). The first-order valence-corrected chi connectivity index (χ1v) is 5.71. The molecule has 1 aromatic rings. The van der Waals surface area contributed by atoms with E-state index in [1.165, 1.54) is 5.56 Å². The Kier molecular flexibility index (Phi) is 2.86. The van der Waals surface area contributed by atoms with E-state index in [1.807, 2.05) is 13.8 Å². The number of aryl methyl sites for hydroxylation is 3. The average Bonchev–Trinajstić information content (AvgIpc) is 2.95. The van der Waals surface area contributed by atoms with E-state index in [0.717, 1.165) is 29.7 Å². The molecule has 1 saturated carbocycles. The highest BCUT2D eigenvalue weighted by Gasteiger charge is 2.23. The van der Waals surface area contributed by atoms with Gasteiger partial charge in [0.2, 0.25) is 0 Å². The molecule has 1 aliphatic rings. The summed E-state index contributed by atoms with van der Waals surface area (Å²) in [7, 11) is 0. The minimum atomic E-state index is -0.0856. The quantitative estimate of drug-likeness (QED) is 0.787. The topological polar surface area (TPSA) is 41.1 Å². The van der Waals surface area contributed by atoms with E-state index in [9.17, 15) is 4.79 Å². The molecule has 16 heavy (non-hydrogen) atoms. The maximum absolute atomic E-state index is 11.6. The van der Waals surface area contributed by atoms with Gasteiger partial charge in [-0.2, -0.15) is 0 Å². The molecule has 0 bridgehead atoms. The van der Waals surface area contributed by atoms with Gasteiger partial charge in [-0.3, -0.25) is 0 Å². The van der Waals surface area contributed by atoms with Gasteiger partial charge in [0.25, 0.3) is 0 Å². The molecule has 0 aliphatic heterocycles. The summed E-state index contributed by atoms with van der Waals surface area (Å²) in [5, 5.41) is 5.85. The first-order chi connectivity index (χ1) is 7.56. The van der Waals surface area contributed by atoms with Crippen LogP contribution in [0.25, 0.3) is 0 Å². The highest BCUT2D eigenvalue weighted by molar-refractivity contribution is 5.91. The lowest BCUT2D eigenvalue weighted by atomic mass is 10.1. The SMILES string of the molecule is Cc1cc(C)c(NC(=O)NC2CC2)c(C)c1. The van der Waals surface area contributed by atoms with E-state index >= 15 is 0 Å². The van der Waals surface area contributed by atoms with Gasteiger partial charge in [-0.05, 0) is 44.7 Å². The minimum Gasteiger partial charge on any atom is -0.335 e. The summed E-state index contributed by atoms with van der Waals surface area (Å²) in [5.41, 5.74) is 4.39. The van der Waals surface area contributed by atoms with E-state index in [2.05, 4.69) is 29.7 Å². The van der Waals surface area contributed by atoms with Gasteiger partial charge in [0, 0.05) is 11.7 Å². The van der Waals surface area contributed by atoms with Gasteiger partial charge < -0.3 is 10.6 Å². The van der Waals surface area contributed by atoms with Crippen LogP contribution >= 0.6 is 0 Å². The van der Waals surface area contributed by atoms with Crippen molar-refractivity contribution < 1.29 is 4.79 Å². The Bertz CT molecular complexity index is 399. The standard InChI is InChI=1S/C13H18N2O/c1-8-6-9(2)12(10(3)7-8)15-13(16)14-11-4-5-11/h6-7,11H,4-5H2,1-3H3,(H2,14,15,16). The summed E-state index contributed by atoms with van der Waals surface area (Å²) in [6.45, 7) is 6.10. The second kappa shape index (κ2) is 4.16. The lowest BCUT2D eigenvalue weighted by molar-refractivity contribution is 0.251. The van der Waals surface area contributed by atoms with Crippen LogP contribution in [0, 0.1) is 20.8 Å². The summed E-state index contributed by atoms with van der Waals surface area (Å²) in [4.78, 5) is 11.6. The van der Waals surface area contributed by atoms with Gasteiger partial charge in [0.15, 0.2) is 0 Å². The van der Waals surface area contributed by atoms with Gasteiger partial charge >= 0.3 is 6.03 Å². The molecule has 0 heterocycles. The van der Waals surface area contributed by atoms with Crippen molar-refractivity contribution in [2.45, 2.75) is 39.7 Å². The summed E-state index contributed by atoms with van der Waals surface area (Å²) < 4.78 is 0. The average molecular weight is 218 g/mol. The van der Waals surface area contributed by atoms with Crippen molar-refractivity contribution >= 4 is 11.7 Å². The zero-order valence-corrected chi connectivity index (χ0v) is 10.1. The van der Waals surface area contributed by atoms with Crippen molar-refractivity contribution in [3.63, 3.8) is 0 Å². The van der Waals surface area contributed by atoms with Crippen LogP contribution in [0.3, 0.4) is 0 Å². The molecule has 2 amide bonds. The maximum Gasteiger partial charge on any atom is 0.319 e. The van der Waals surface area contributed by atoms with Gasteiger partial charge in [-0.15, -0.1) is 0 Å². The Morgan fingerprint density at radius 1 is 1.19 bits per heavy atom. The number of hydrogen-bond donors (Lipinski definition) is 2. The molecule has 3 nitrogen and oxygen atoms in total. The van der Waals surface area contributed by atoms with Crippen LogP contribution in [-0.4, -0.2) is 12.1 Å². The van der Waals surface area contributed by atoms with E-state index < -0.39 is 0 Å². The monoisotopic (exact) mass is 218 g/mol. The lowest BCUT2D eigenvalue weighted by Crippen LogP contribution is -2.30. The Balaban J connectivity index is 2.10. The summed E-state index contributed by atoms with van der Waals surface area (Å²) in [6, 6.07) is 4.48. The zero-order valence-electron chi connectivity index (χ0n) is 10.1. The van der Waals surface area contributed by atoms with E-state index in [1.54, 1.807) is 0 Å². The molecule has 0 unspecified atom stereocenters. The van der Waals surface area contributed by atoms with Crippen LogP contribution in [-0.2, 0) is 0 Å². The van der Waals surface area contributed by atoms with Crippen LogP contribution in [0.1, 0.15) is 29.5 Å². The normalized spacial score (nSPS) is 14.7. The molecule has 0 spiro atoms. The van der Waals surface area contributed by atoms with Crippen molar-refractivity contribution in [2.24, 2.45) is 0 Å². The lowest BCUT2D eigenvalue weighted by Gasteiger charge is -2.13. The van der Waals surface area contributed by atoms with Crippen molar-refractivity contribution in [3.8, 4) is 0 Å². The van der Waals surface area contributed by atoms with Crippen LogP contribution in [0.2, 0.25) is 0 Å². The van der Waals surface area contributed by atoms with Gasteiger partial charge in [-0.25, -0.2) is 4.79 Å². The first kappa shape index (κ1) is 11.0. The van der Waals surface area contributed by atoms with E-state index in [0.29, 0.717) is 6.04 Å². The van der Waals surface area contributed by atoms with Crippen molar-refractivity contribution in [1.29, 1.82) is 0 Å². The third-order valence-electron chi connectivity index (χ3n) is 2.83. The summed E-state index contributed by atoms with van der Waals surface area (Å²) in [5.74, 6) is 0. The smallest absolute Gasteiger partial charge is 0.319 e. The molecule has 1 aromatic carbocycles. The Morgan fingerprint density at radius 2 is 1.75 bits per heavy atom. The number of benzene rings is 1. The second-order valence-electron chi connectivity index (χ2n) is 4.65. The predicted octanol–water partition coefficient (Wildman–Crippen LogP) is 2.90. The van der Waals surface area contributed by atoms with Gasteiger partial charge in [0.1, 0.15) is 0 Å². The molecule has 0 atom stereocenters. The molecule has 0 radical (unpaired) electrons. The highest BCUT2D eigenvalue weighted by Crippen LogP contribution is 2.23. The molecule has 2 N–H and O–H groups in total.